The van der Waals surface area contributed by atoms with Gasteiger partial charge in [-0.25, -0.2) is 0 Å². The monoisotopic (exact) mass is 652 g/mol. The average molecular weight is 652 g/mol. The van der Waals surface area contributed by atoms with E-state index in [2.05, 4.69) is 19.2 Å². The van der Waals surface area contributed by atoms with E-state index in [4.69, 9.17) is 0 Å². The molecule has 4 N–H and O–H groups in total. The topological polar surface area (TPSA) is 89.8 Å². The fourth-order valence-corrected chi connectivity index (χ4v) is 6.40. The third kappa shape index (κ3) is 33.0. The van der Waals surface area contributed by atoms with E-state index in [0.717, 1.165) is 25.7 Å². The van der Waals surface area contributed by atoms with Crippen LogP contribution in [0.25, 0.3) is 0 Å². The molecule has 46 heavy (non-hydrogen) atoms. The van der Waals surface area contributed by atoms with Gasteiger partial charge >= 0.3 is 0 Å². The van der Waals surface area contributed by atoms with Crippen molar-refractivity contribution in [1.82, 2.24) is 5.32 Å². The second-order valence-electron chi connectivity index (χ2n) is 14.3. The summed E-state index contributed by atoms with van der Waals surface area (Å²) in [5.41, 5.74) is 0. The molecule has 0 radical (unpaired) electrons. The minimum absolute atomic E-state index is 0.0182. The SMILES string of the molecule is CCCCCCCCCCCCCCCCCC/C=C/C(O)C(CO)NC(=O)CC(O)CCCCCCCCCCCCCCC. The van der Waals surface area contributed by atoms with Gasteiger partial charge in [0.2, 0.25) is 5.91 Å². The molecular weight excluding hydrogens is 570 g/mol. The molecule has 0 aromatic heterocycles. The molecule has 0 aliphatic rings. The highest BCUT2D eigenvalue weighted by Gasteiger charge is 2.20. The molecule has 1 amide bonds. The van der Waals surface area contributed by atoms with Gasteiger partial charge in [0.25, 0.3) is 0 Å². The Morgan fingerprint density at radius 2 is 0.891 bits per heavy atom. The Labute approximate surface area is 287 Å². The number of carbonyl (C=O) groups is 1. The summed E-state index contributed by atoms with van der Waals surface area (Å²) in [5.74, 6) is -0.313. The summed E-state index contributed by atoms with van der Waals surface area (Å²) in [6.07, 6.45) is 42.0. The maximum atomic E-state index is 12.4. The molecule has 0 heterocycles. The van der Waals surface area contributed by atoms with Gasteiger partial charge in [-0.05, 0) is 19.3 Å². The Morgan fingerprint density at radius 3 is 1.26 bits per heavy atom. The van der Waals surface area contributed by atoms with Crippen molar-refractivity contribution >= 4 is 5.91 Å². The van der Waals surface area contributed by atoms with Crippen molar-refractivity contribution in [2.75, 3.05) is 6.61 Å². The molecule has 3 unspecified atom stereocenters. The van der Waals surface area contributed by atoms with Gasteiger partial charge in [0, 0.05) is 0 Å². The van der Waals surface area contributed by atoms with E-state index in [1.165, 1.54) is 167 Å². The molecule has 5 nitrogen and oxygen atoms in total. The Bertz CT molecular complexity index is 640. The normalized spacial score (nSPS) is 13.8. The quantitative estimate of drug-likeness (QED) is 0.0397. The zero-order valence-electron chi connectivity index (χ0n) is 31.0. The van der Waals surface area contributed by atoms with E-state index in [9.17, 15) is 20.1 Å². The first-order valence-electron chi connectivity index (χ1n) is 20.5. The van der Waals surface area contributed by atoms with Crippen molar-refractivity contribution in [3.63, 3.8) is 0 Å². The van der Waals surface area contributed by atoms with Crippen molar-refractivity contribution in [3.05, 3.63) is 12.2 Å². The lowest BCUT2D eigenvalue weighted by atomic mass is 10.0. The molecule has 0 aromatic carbocycles. The molecular formula is C41H81NO4. The highest BCUT2D eigenvalue weighted by molar-refractivity contribution is 5.76. The van der Waals surface area contributed by atoms with Crippen molar-refractivity contribution in [2.45, 2.75) is 238 Å². The lowest BCUT2D eigenvalue weighted by molar-refractivity contribution is -0.124. The van der Waals surface area contributed by atoms with Crippen LogP contribution in [0.2, 0.25) is 0 Å². The van der Waals surface area contributed by atoms with Crippen LogP contribution in [0.3, 0.4) is 0 Å². The fraction of sp³-hybridized carbons (Fsp3) is 0.927. The molecule has 0 spiro atoms. The number of nitrogens with one attached hydrogen (secondary N) is 1. The van der Waals surface area contributed by atoms with Crippen LogP contribution in [0, 0.1) is 0 Å². The molecule has 5 heteroatoms. The zero-order chi connectivity index (χ0) is 33.8. The number of unbranched alkanes of at least 4 members (excludes halogenated alkanes) is 28. The molecule has 3 atom stereocenters. The largest absolute Gasteiger partial charge is 0.394 e. The first kappa shape index (κ1) is 45.1. The first-order valence-corrected chi connectivity index (χ1v) is 20.5. The van der Waals surface area contributed by atoms with Gasteiger partial charge in [0.05, 0.1) is 31.3 Å². The van der Waals surface area contributed by atoms with Crippen LogP contribution in [-0.2, 0) is 4.79 Å². The van der Waals surface area contributed by atoms with Crippen LogP contribution in [0.15, 0.2) is 12.2 Å². The van der Waals surface area contributed by atoms with E-state index in [1.54, 1.807) is 6.08 Å². The minimum atomic E-state index is -0.923. The van der Waals surface area contributed by atoms with E-state index in [0.29, 0.717) is 6.42 Å². The zero-order valence-corrected chi connectivity index (χ0v) is 31.0. The Balaban J connectivity index is 3.67. The van der Waals surface area contributed by atoms with Crippen molar-refractivity contribution in [3.8, 4) is 0 Å². The third-order valence-electron chi connectivity index (χ3n) is 9.57. The van der Waals surface area contributed by atoms with Gasteiger partial charge in [0.15, 0.2) is 0 Å². The molecule has 0 saturated heterocycles. The van der Waals surface area contributed by atoms with E-state index in [-0.39, 0.29) is 18.9 Å². The highest BCUT2D eigenvalue weighted by atomic mass is 16.3. The maximum absolute atomic E-state index is 12.4. The lowest BCUT2D eigenvalue weighted by Crippen LogP contribution is -2.45. The standard InChI is InChI=1S/C41H81NO4/c1-3-5-7-9-11-13-15-17-18-19-20-21-23-25-27-29-31-33-35-40(45)39(37-43)42-41(46)36-38(44)34-32-30-28-26-24-22-16-14-12-10-8-6-4-2/h33,35,38-40,43-45H,3-32,34,36-37H2,1-2H3,(H,42,46)/b35-33+. The Hall–Kier alpha value is -0.910. The molecule has 0 saturated carbocycles. The predicted octanol–water partition coefficient (Wildman–Crippen LogP) is 11.3. The van der Waals surface area contributed by atoms with Gasteiger partial charge in [-0.15, -0.1) is 0 Å². The maximum Gasteiger partial charge on any atom is 0.222 e. The summed E-state index contributed by atoms with van der Waals surface area (Å²) in [7, 11) is 0. The minimum Gasteiger partial charge on any atom is -0.394 e. The van der Waals surface area contributed by atoms with Gasteiger partial charge in [0.1, 0.15) is 0 Å². The summed E-state index contributed by atoms with van der Waals surface area (Å²) < 4.78 is 0. The third-order valence-corrected chi connectivity index (χ3v) is 9.57. The average Bonchev–Trinajstić information content (AvgIpc) is 3.05. The molecule has 0 aliphatic heterocycles. The number of aliphatic hydroxyl groups excluding tert-OH is 3. The summed E-state index contributed by atoms with van der Waals surface area (Å²) >= 11 is 0. The summed E-state index contributed by atoms with van der Waals surface area (Å²) in [5, 5.41) is 33.1. The van der Waals surface area contributed by atoms with E-state index >= 15 is 0 Å². The number of rotatable bonds is 37. The molecule has 0 fully saturated rings. The molecule has 0 bridgehead atoms. The van der Waals surface area contributed by atoms with Crippen molar-refractivity contribution in [1.29, 1.82) is 0 Å². The molecule has 0 aliphatic carbocycles. The first-order chi connectivity index (χ1) is 22.5. The van der Waals surface area contributed by atoms with Crippen LogP contribution >= 0.6 is 0 Å². The summed E-state index contributed by atoms with van der Waals surface area (Å²) in [6, 6.07) is -0.738. The number of hydrogen-bond donors (Lipinski definition) is 4. The predicted molar refractivity (Wildman–Crippen MR) is 199 cm³/mol. The smallest absolute Gasteiger partial charge is 0.222 e. The van der Waals surface area contributed by atoms with Crippen LogP contribution in [-0.4, -0.2) is 46.1 Å². The van der Waals surface area contributed by atoms with Crippen LogP contribution in [0.1, 0.15) is 219 Å². The number of aliphatic hydroxyl groups is 3. The van der Waals surface area contributed by atoms with Gasteiger partial charge < -0.3 is 20.6 Å². The van der Waals surface area contributed by atoms with Crippen molar-refractivity contribution < 1.29 is 20.1 Å². The van der Waals surface area contributed by atoms with Crippen LogP contribution < -0.4 is 5.32 Å². The van der Waals surface area contributed by atoms with Crippen molar-refractivity contribution in [2.24, 2.45) is 0 Å². The lowest BCUT2D eigenvalue weighted by Gasteiger charge is -2.21. The fourth-order valence-electron chi connectivity index (χ4n) is 6.40. The van der Waals surface area contributed by atoms with E-state index in [1.807, 2.05) is 6.08 Å². The number of allylic oxidation sites excluding steroid dienone is 1. The number of carbonyl (C=O) groups excluding carboxylic acids is 1. The Morgan fingerprint density at radius 1 is 0.543 bits per heavy atom. The highest BCUT2D eigenvalue weighted by Crippen LogP contribution is 2.16. The molecule has 274 valence electrons. The van der Waals surface area contributed by atoms with Crippen LogP contribution in [0.4, 0.5) is 0 Å². The second-order valence-corrected chi connectivity index (χ2v) is 14.3. The summed E-state index contributed by atoms with van der Waals surface area (Å²) in [4.78, 5) is 12.4. The molecule has 0 rings (SSSR count). The molecule has 0 aromatic rings. The number of amides is 1. The van der Waals surface area contributed by atoms with Gasteiger partial charge in [-0.1, -0.05) is 206 Å². The second kappa shape index (κ2) is 36.9. The number of hydrogen-bond acceptors (Lipinski definition) is 4. The van der Waals surface area contributed by atoms with Gasteiger partial charge in [-0.3, -0.25) is 4.79 Å². The Kier molecular flexibility index (Phi) is 36.2. The summed E-state index contributed by atoms with van der Waals surface area (Å²) in [6.45, 7) is 4.21. The van der Waals surface area contributed by atoms with Gasteiger partial charge in [-0.2, -0.15) is 0 Å². The van der Waals surface area contributed by atoms with E-state index < -0.39 is 18.2 Å². The van der Waals surface area contributed by atoms with Crippen LogP contribution in [0.5, 0.6) is 0 Å².